The van der Waals surface area contributed by atoms with Gasteiger partial charge in [0.2, 0.25) is 0 Å². The van der Waals surface area contributed by atoms with E-state index in [1.165, 1.54) is 11.1 Å². The van der Waals surface area contributed by atoms with Crippen molar-refractivity contribution in [3.05, 3.63) is 23.3 Å². The van der Waals surface area contributed by atoms with Gasteiger partial charge in [-0.3, -0.25) is 9.69 Å². The molecule has 0 bridgehead atoms. The molecular weight excluding hydrogens is 262 g/mol. The van der Waals surface area contributed by atoms with Crippen LogP contribution in [0.3, 0.4) is 0 Å². The Hall–Kier alpha value is -1.09. The maximum absolute atomic E-state index is 12.1. The zero-order valence-electron chi connectivity index (χ0n) is 14.7. The number of allylic oxidation sites excluding steroid dienone is 3. The first-order chi connectivity index (χ1) is 9.88. The Morgan fingerprint density at radius 1 is 1.19 bits per heavy atom. The molecule has 0 aromatic rings. The van der Waals surface area contributed by atoms with Crippen molar-refractivity contribution in [1.82, 2.24) is 4.90 Å². The van der Waals surface area contributed by atoms with Crippen molar-refractivity contribution in [1.29, 1.82) is 0 Å². The van der Waals surface area contributed by atoms with Crippen molar-refractivity contribution in [3.8, 4) is 0 Å². The molecule has 0 saturated heterocycles. The summed E-state index contributed by atoms with van der Waals surface area (Å²) in [5, 5.41) is 0. The average molecular weight is 295 g/mol. The van der Waals surface area contributed by atoms with E-state index < -0.39 is 0 Å². The fourth-order valence-corrected chi connectivity index (χ4v) is 2.04. The van der Waals surface area contributed by atoms with Gasteiger partial charge in [-0.1, -0.05) is 37.0 Å². The number of rotatable bonds is 10. The molecule has 21 heavy (non-hydrogen) atoms. The minimum Gasteiger partial charge on any atom is -0.460 e. The lowest BCUT2D eigenvalue weighted by atomic mass is 10.1. The largest absolute Gasteiger partial charge is 0.460 e. The summed E-state index contributed by atoms with van der Waals surface area (Å²) >= 11 is 0. The molecule has 0 aliphatic rings. The van der Waals surface area contributed by atoms with Crippen molar-refractivity contribution >= 4 is 5.97 Å². The SMILES string of the molecule is CCCCC(C(=O)OC/C=C(\C)CCC=C(C)C)N(C)C. The van der Waals surface area contributed by atoms with E-state index >= 15 is 0 Å². The van der Waals surface area contributed by atoms with Crippen LogP contribution in [0, 0.1) is 0 Å². The van der Waals surface area contributed by atoms with E-state index in [4.69, 9.17) is 4.74 Å². The average Bonchev–Trinajstić information content (AvgIpc) is 2.38. The summed E-state index contributed by atoms with van der Waals surface area (Å²) in [5.41, 5.74) is 2.62. The Morgan fingerprint density at radius 3 is 2.38 bits per heavy atom. The van der Waals surface area contributed by atoms with Gasteiger partial charge in [0.1, 0.15) is 12.6 Å². The predicted molar refractivity (Wildman–Crippen MR) is 90.4 cm³/mol. The Bertz CT molecular complexity index is 352. The standard InChI is InChI=1S/C18H33NO2/c1-7-8-12-17(19(5)6)18(20)21-14-13-16(4)11-9-10-15(2)3/h10,13,17H,7-9,11-12,14H2,1-6H3/b16-13+. The van der Waals surface area contributed by atoms with Crippen molar-refractivity contribution in [2.45, 2.75) is 65.8 Å². The molecule has 0 N–H and O–H groups in total. The van der Waals surface area contributed by atoms with E-state index in [-0.39, 0.29) is 12.0 Å². The summed E-state index contributed by atoms with van der Waals surface area (Å²) in [7, 11) is 3.87. The third-order valence-electron chi connectivity index (χ3n) is 3.48. The Morgan fingerprint density at radius 2 is 1.86 bits per heavy atom. The van der Waals surface area contributed by atoms with Crippen LogP contribution in [0.15, 0.2) is 23.3 Å². The number of hydrogen-bond donors (Lipinski definition) is 0. The second kappa shape index (κ2) is 11.6. The van der Waals surface area contributed by atoms with Crippen molar-refractivity contribution in [2.75, 3.05) is 20.7 Å². The lowest BCUT2D eigenvalue weighted by Crippen LogP contribution is -2.37. The lowest BCUT2D eigenvalue weighted by molar-refractivity contribution is -0.148. The summed E-state index contributed by atoms with van der Waals surface area (Å²) < 4.78 is 5.39. The summed E-state index contributed by atoms with van der Waals surface area (Å²) in [6, 6.07) is -0.121. The highest BCUT2D eigenvalue weighted by atomic mass is 16.5. The lowest BCUT2D eigenvalue weighted by Gasteiger charge is -2.22. The number of unbranched alkanes of at least 4 members (excludes halogenated alkanes) is 1. The molecule has 1 unspecified atom stereocenters. The molecular formula is C18H33NO2. The van der Waals surface area contributed by atoms with E-state index in [2.05, 4.69) is 33.8 Å². The Balaban J connectivity index is 4.17. The minimum absolute atomic E-state index is 0.109. The quantitative estimate of drug-likeness (QED) is 0.443. The van der Waals surface area contributed by atoms with Crippen molar-refractivity contribution < 1.29 is 9.53 Å². The van der Waals surface area contributed by atoms with Crippen molar-refractivity contribution in [3.63, 3.8) is 0 Å². The molecule has 0 aliphatic carbocycles. The molecule has 0 rings (SSSR count). The van der Waals surface area contributed by atoms with Gasteiger partial charge in [-0.2, -0.15) is 0 Å². The van der Waals surface area contributed by atoms with Crippen LogP contribution >= 0.6 is 0 Å². The van der Waals surface area contributed by atoms with Gasteiger partial charge in [0.05, 0.1) is 0 Å². The summed E-state index contributed by atoms with van der Waals surface area (Å²) in [5.74, 6) is -0.109. The van der Waals surface area contributed by atoms with Crippen LogP contribution in [0.2, 0.25) is 0 Å². The molecule has 1 atom stereocenters. The number of likely N-dealkylation sites (N-methyl/N-ethyl adjacent to an activating group) is 1. The van der Waals surface area contributed by atoms with Crippen LogP contribution in [-0.4, -0.2) is 37.6 Å². The van der Waals surface area contributed by atoms with Gasteiger partial charge in [-0.15, -0.1) is 0 Å². The molecule has 0 amide bonds. The normalized spacial score (nSPS) is 13.2. The number of nitrogens with zero attached hydrogens (tertiary/aromatic N) is 1. The second-order valence-electron chi connectivity index (χ2n) is 6.12. The van der Waals surface area contributed by atoms with E-state index in [0.717, 1.165) is 32.1 Å². The van der Waals surface area contributed by atoms with Gasteiger partial charge in [-0.05, 0) is 60.2 Å². The van der Waals surface area contributed by atoms with Gasteiger partial charge in [0.25, 0.3) is 0 Å². The molecule has 0 fully saturated rings. The first-order valence-electron chi connectivity index (χ1n) is 8.00. The smallest absolute Gasteiger partial charge is 0.323 e. The van der Waals surface area contributed by atoms with Crippen molar-refractivity contribution in [2.24, 2.45) is 0 Å². The highest BCUT2D eigenvalue weighted by Gasteiger charge is 2.21. The third-order valence-corrected chi connectivity index (χ3v) is 3.48. The summed E-state index contributed by atoms with van der Waals surface area (Å²) in [6.07, 6.45) is 9.34. The first kappa shape index (κ1) is 19.9. The predicted octanol–water partition coefficient (Wildman–Crippen LogP) is 4.34. The number of carbonyl (C=O) groups is 1. The maximum Gasteiger partial charge on any atom is 0.323 e. The number of esters is 1. The van der Waals surface area contributed by atoms with Gasteiger partial charge in [0, 0.05) is 0 Å². The fourth-order valence-electron chi connectivity index (χ4n) is 2.04. The Kier molecular flexibility index (Phi) is 11.0. The van der Waals surface area contributed by atoms with E-state index in [1.807, 2.05) is 25.1 Å². The molecule has 0 aliphatic heterocycles. The second-order valence-corrected chi connectivity index (χ2v) is 6.12. The molecule has 0 aromatic heterocycles. The molecule has 0 heterocycles. The number of ether oxygens (including phenoxy) is 1. The number of carbonyl (C=O) groups excluding carboxylic acids is 1. The Labute approximate surface area is 131 Å². The third kappa shape index (κ3) is 10.3. The van der Waals surface area contributed by atoms with Crippen LogP contribution in [0.25, 0.3) is 0 Å². The van der Waals surface area contributed by atoms with Crippen LogP contribution in [0.4, 0.5) is 0 Å². The summed E-state index contributed by atoms with van der Waals surface area (Å²) in [6.45, 7) is 8.83. The fraction of sp³-hybridized carbons (Fsp3) is 0.722. The number of hydrogen-bond acceptors (Lipinski definition) is 3. The highest BCUT2D eigenvalue weighted by Crippen LogP contribution is 2.09. The topological polar surface area (TPSA) is 29.5 Å². The van der Waals surface area contributed by atoms with Gasteiger partial charge in [0.15, 0.2) is 0 Å². The first-order valence-corrected chi connectivity index (χ1v) is 8.00. The van der Waals surface area contributed by atoms with E-state index in [1.54, 1.807) is 0 Å². The van der Waals surface area contributed by atoms with Crippen LogP contribution in [0.5, 0.6) is 0 Å². The molecule has 3 nitrogen and oxygen atoms in total. The summed E-state index contributed by atoms with van der Waals surface area (Å²) in [4.78, 5) is 14.0. The van der Waals surface area contributed by atoms with Crippen LogP contribution < -0.4 is 0 Å². The molecule has 0 aromatic carbocycles. The van der Waals surface area contributed by atoms with E-state index in [0.29, 0.717) is 6.61 Å². The van der Waals surface area contributed by atoms with Gasteiger partial charge < -0.3 is 4.74 Å². The van der Waals surface area contributed by atoms with Gasteiger partial charge in [-0.25, -0.2) is 0 Å². The molecule has 0 radical (unpaired) electrons. The van der Waals surface area contributed by atoms with Crippen LogP contribution in [-0.2, 0) is 9.53 Å². The van der Waals surface area contributed by atoms with Gasteiger partial charge >= 0.3 is 5.97 Å². The zero-order valence-corrected chi connectivity index (χ0v) is 14.7. The molecule has 0 saturated carbocycles. The van der Waals surface area contributed by atoms with E-state index in [9.17, 15) is 4.79 Å². The molecule has 0 spiro atoms. The minimum atomic E-state index is -0.121. The molecule has 3 heteroatoms. The molecule has 122 valence electrons. The monoisotopic (exact) mass is 295 g/mol. The zero-order chi connectivity index (χ0) is 16.3. The van der Waals surface area contributed by atoms with Crippen LogP contribution in [0.1, 0.15) is 59.8 Å². The highest BCUT2D eigenvalue weighted by molar-refractivity contribution is 5.75. The maximum atomic E-state index is 12.1.